The van der Waals surface area contributed by atoms with Gasteiger partial charge < -0.3 is 8.62 Å². The minimum absolute atomic E-state index is 0.125. The molecule has 2 nitrogen and oxygen atoms in total. The van der Waals surface area contributed by atoms with E-state index in [2.05, 4.69) is 20.1 Å². The third-order valence-corrected chi connectivity index (χ3v) is 0.395. The van der Waals surface area contributed by atoms with Gasteiger partial charge in [0.2, 0.25) is 0 Å². The normalized spacial score (nSPS) is 7.40. The van der Waals surface area contributed by atoms with Crippen molar-refractivity contribution >= 4 is 22.5 Å². The SMILES string of the molecule is O=CCOBr. The summed E-state index contributed by atoms with van der Waals surface area (Å²) in [5, 5.41) is 0. The van der Waals surface area contributed by atoms with E-state index in [4.69, 9.17) is 0 Å². The van der Waals surface area contributed by atoms with Gasteiger partial charge in [0.05, 0.1) is 16.3 Å². The lowest BCUT2D eigenvalue weighted by Crippen LogP contribution is -1.78. The molecular formula is C2H3BrO2. The molecule has 5 heavy (non-hydrogen) atoms. The van der Waals surface area contributed by atoms with Crippen molar-refractivity contribution in [3.63, 3.8) is 0 Å². The highest BCUT2D eigenvalue weighted by molar-refractivity contribution is 9.06. The number of carbonyl (C=O) groups is 1. The Bertz CT molecular complexity index is 28.8. The van der Waals surface area contributed by atoms with Gasteiger partial charge in [-0.3, -0.25) is 0 Å². The van der Waals surface area contributed by atoms with Gasteiger partial charge in [0.1, 0.15) is 12.9 Å². The Morgan fingerprint density at radius 2 is 2.60 bits per heavy atom. The number of halogens is 1. The molecule has 0 saturated heterocycles. The van der Waals surface area contributed by atoms with Crippen molar-refractivity contribution in [1.82, 2.24) is 0 Å². The Hall–Kier alpha value is 0.110. The van der Waals surface area contributed by atoms with Crippen LogP contribution in [-0.2, 0) is 8.62 Å². The fraction of sp³-hybridized carbons (Fsp3) is 0.500. The first-order valence-corrected chi connectivity index (χ1v) is 1.73. The lowest BCUT2D eigenvalue weighted by atomic mass is 10.9. The zero-order valence-corrected chi connectivity index (χ0v) is 4.06. The number of hydrogen-bond donors (Lipinski definition) is 0. The van der Waals surface area contributed by atoms with Crippen LogP contribution in [0.1, 0.15) is 0 Å². The summed E-state index contributed by atoms with van der Waals surface area (Å²) in [6.07, 6.45) is 0.661. The van der Waals surface area contributed by atoms with Crippen molar-refractivity contribution in [2.75, 3.05) is 6.61 Å². The summed E-state index contributed by atoms with van der Waals surface area (Å²) in [5.41, 5.74) is 0. The topological polar surface area (TPSA) is 26.3 Å². The van der Waals surface area contributed by atoms with Crippen molar-refractivity contribution in [3.8, 4) is 0 Å². The molecule has 0 N–H and O–H groups in total. The van der Waals surface area contributed by atoms with Crippen LogP contribution in [0.5, 0.6) is 0 Å². The van der Waals surface area contributed by atoms with Crippen molar-refractivity contribution in [3.05, 3.63) is 0 Å². The Labute approximate surface area is 38.6 Å². The standard InChI is InChI=1S/C2H3BrO2/c3-5-2-1-4/h1H,2H2. The van der Waals surface area contributed by atoms with Gasteiger partial charge in [0.25, 0.3) is 0 Å². The van der Waals surface area contributed by atoms with Crippen LogP contribution in [-0.4, -0.2) is 12.9 Å². The van der Waals surface area contributed by atoms with Crippen LogP contribution in [0.3, 0.4) is 0 Å². The molecule has 0 atom stereocenters. The van der Waals surface area contributed by atoms with E-state index in [1.807, 2.05) is 0 Å². The average Bonchev–Trinajstić information content (AvgIpc) is 1.41. The van der Waals surface area contributed by atoms with E-state index < -0.39 is 0 Å². The fourth-order valence-electron chi connectivity index (χ4n) is 0.0257. The highest BCUT2D eigenvalue weighted by Gasteiger charge is 1.67. The number of hydrogen-bond acceptors (Lipinski definition) is 2. The Morgan fingerprint density at radius 3 is 2.60 bits per heavy atom. The van der Waals surface area contributed by atoms with Crippen LogP contribution < -0.4 is 0 Å². The van der Waals surface area contributed by atoms with E-state index in [1.54, 1.807) is 0 Å². The lowest BCUT2D eigenvalue weighted by Gasteiger charge is -1.71. The highest BCUT2D eigenvalue weighted by Crippen LogP contribution is 1.75. The molecule has 0 spiro atoms. The number of carbonyl (C=O) groups excluding carboxylic acids is 1. The van der Waals surface area contributed by atoms with Gasteiger partial charge >= 0.3 is 0 Å². The quantitative estimate of drug-likeness (QED) is 0.521. The summed E-state index contributed by atoms with van der Waals surface area (Å²) < 4.78 is 4.14. The van der Waals surface area contributed by atoms with Crippen molar-refractivity contribution in [2.24, 2.45) is 0 Å². The largest absolute Gasteiger partial charge is 0.301 e. The Balaban J connectivity index is 2.40. The second kappa shape index (κ2) is 4.11. The Kier molecular flexibility index (Phi) is 4.20. The van der Waals surface area contributed by atoms with E-state index in [-0.39, 0.29) is 6.61 Å². The minimum atomic E-state index is 0.125. The summed E-state index contributed by atoms with van der Waals surface area (Å²) >= 11 is 2.58. The van der Waals surface area contributed by atoms with Gasteiger partial charge in [0, 0.05) is 0 Å². The van der Waals surface area contributed by atoms with Gasteiger partial charge in [0.15, 0.2) is 0 Å². The summed E-state index contributed by atoms with van der Waals surface area (Å²) in [7, 11) is 0. The van der Waals surface area contributed by atoms with Crippen LogP contribution in [0.15, 0.2) is 0 Å². The van der Waals surface area contributed by atoms with Crippen molar-refractivity contribution < 1.29 is 8.62 Å². The number of rotatable bonds is 2. The Morgan fingerprint density at radius 1 is 2.00 bits per heavy atom. The first kappa shape index (κ1) is 5.11. The predicted molar refractivity (Wildman–Crippen MR) is 20.9 cm³/mol. The fourth-order valence-corrected chi connectivity index (χ4v) is 0.134. The zero-order valence-electron chi connectivity index (χ0n) is 2.48. The van der Waals surface area contributed by atoms with E-state index in [0.717, 1.165) is 0 Å². The second-order valence-electron chi connectivity index (χ2n) is 0.442. The second-order valence-corrected chi connectivity index (χ2v) is 0.900. The summed E-state index contributed by atoms with van der Waals surface area (Å²) in [5.74, 6) is 0. The molecule has 0 aromatic heterocycles. The molecule has 0 radical (unpaired) electrons. The van der Waals surface area contributed by atoms with E-state index in [9.17, 15) is 4.79 Å². The lowest BCUT2D eigenvalue weighted by molar-refractivity contribution is -0.109. The smallest absolute Gasteiger partial charge is 0.146 e. The molecule has 0 aromatic rings. The molecular weight excluding hydrogens is 136 g/mol. The molecule has 0 saturated carbocycles. The van der Waals surface area contributed by atoms with Crippen LogP contribution in [0.25, 0.3) is 0 Å². The monoisotopic (exact) mass is 138 g/mol. The van der Waals surface area contributed by atoms with Gasteiger partial charge in [-0.05, 0) is 0 Å². The van der Waals surface area contributed by atoms with Crippen LogP contribution in [0.4, 0.5) is 0 Å². The molecule has 0 aromatic carbocycles. The summed E-state index contributed by atoms with van der Waals surface area (Å²) in [4.78, 5) is 9.25. The van der Waals surface area contributed by atoms with Gasteiger partial charge in [-0.15, -0.1) is 0 Å². The predicted octanol–water partition coefficient (Wildman–Crippen LogP) is 0.512. The maximum atomic E-state index is 9.25. The van der Waals surface area contributed by atoms with Crippen LogP contribution in [0.2, 0.25) is 0 Å². The van der Waals surface area contributed by atoms with Crippen LogP contribution >= 0.6 is 16.3 Å². The summed E-state index contributed by atoms with van der Waals surface area (Å²) in [6, 6.07) is 0. The minimum Gasteiger partial charge on any atom is -0.301 e. The first-order chi connectivity index (χ1) is 2.41. The molecule has 3 heteroatoms. The van der Waals surface area contributed by atoms with Crippen molar-refractivity contribution in [2.45, 2.75) is 0 Å². The van der Waals surface area contributed by atoms with Gasteiger partial charge in [-0.2, -0.15) is 0 Å². The van der Waals surface area contributed by atoms with E-state index >= 15 is 0 Å². The van der Waals surface area contributed by atoms with Gasteiger partial charge in [-0.1, -0.05) is 0 Å². The third-order valence-electron chi connectivity index (χ3n) is 0.131. The molecule has 30 valence electrons. The molecule has 0 bridgehead atoms. The third kappa shape index (κ3) is 4.11. The molecule has 0 aliphatic carbocycles. The maximum absolute atomic E-state index is 9.25. The molecule has 0 fully saturated rings. The van der Waals surface area contributed by atoms with Crippen molar-refractivity contribution in [1.29, 1.82) is 0 Å². The number of aldehydes is 1. The molecule has 0 unspecified atom stereocenters. The maximum Gasteiger partial charge on any atom is 0.146 e. The zero-order chi connectivity index (χ0) is 4.12. The van der Waals surface area contributed by atoms with E-state index in [1.165, 1.54) is 0 Å². The summed E-state index contributed by atoms with van der Waals surface area (Å²) in [6.45, 7) is 0.125. The average molecular weight is 139 g/mol. The van der Waals surface area contributed by atoms with Gasteiger partial charge in [-0.25, -0.2) is 0 Å². The van der Waals surface area contributed by atoms with Crippen LogP contribution in [0, 0.1) is 0 Å². The molecule has 0 amide bonds. The molecule has 0 rings (SSSR count). The molecule has 0 aliphatic heterocycles. The molecule has 0 aliphatic rings. The molecule has 0 heterocycles. The first-order valence-electron chi connectivity index (χ1n) is 1.09. The highest BCUT2D eigenvalue weighted by atomic mass is 79.9. The van der Waals surface area contributed by atoms with E-state index in [0.29, 0.717) is 6.29 Å².